The average molecular weight is 665 g/mol. The first kappa shape index (κ1) is 29.0. The summed E-state index contributed by atoms with van der Waals surface area (Å²) in [6, 6.07) is 14.6. The van der Waals surface area contributed by atoms with E-state index in [-0.39, 0.29) is 30.9 Å². The van der Waals surface area contributed by atoms with E-state index < -0.39 is 16.5 Å². The van der Waals surface area contributed by atoms with Gasteiger partial charge in [-0.05, 0) is 58.8 Å². The van der Waals surface area contributed by atoms with Crippen LogP contribution in [0.25, 0.3) is 0 Å². The van der Waals surface area contributed by atoms with Crippen LogP contribution in [0.1, 0.15) is 23.2 Å². The Bertz CT molecular complexity index is 1460. The lowest BCUT2D eigenvalue weighted by Crippen LogP contribution is -2.56. The molecule has 1 fully saturated rings. The van der Waals surface area contributed by atoms with Crippen LogP contribution in [0.15, 0.2) is 55.0 Å². The third-order valence-corrected chi connectivity index (χ3v) is 8.08. The molecule has 0 saturated carbocycles. The molecule has 39 heavy (non-hydrogen) atoms. The predicted molar refractivity (Wildman–Crippen MR) is 154 cm³/mol. The van der Waals surface area contributed by atoms with Gasteiger partial charge >= 0.3 is 0 Å². The third kappa shape index (κ3) is 8.00. The Labute approximate surface area is 241 Å². The van der Waals surface area contributed by atoms with Crippen LogP contribution in [-0.2, 0) is 27.7 Å². The van der Waals surface area contributed by atoms with E-state index in [2.05, 4.69) is 33.6 Å². The van der Waals surface area contributed by atoms with Crippen LogP contribution in [0.5, 0.6) is 5.75 Å². The van der Waals surface area contributed by atoms with E-state index in [1.165, 1.54) is 6.26 Å². The van der Waals surface area contributed by atoms with Crippen molar-refractivity contribution in [1.29, 1.82) is 5.26 Å². The van der Waals surface area contributed by atoms with E-state index in [1.807, 2.05) is 27.7 Å². The SMILES string of the molecule is [11CH3]S(=O)(=O)CC[C@H]1CN(c2cc([127I])cc(OCCF)c2)C(=O)CN1Cc1cncn1Cc1ccc(C#N)cc1. The first-order valence-electron chi connectivity index (χ1n) is 12.3. The second-order valence-electron chi connectivity index (χ2n) is 9.49. The van der Waals surface area contributed by atoms with E-state index in [4.69, 9.17) is 10.00 Å². The van der Waals surface area contributed by atoms with Gasteiger partial charge in [0.05, 0.1) is 36.0 Å². The zero-order valence-electron chi connectivity index (χ0n) is 21.5. The lowest BCUT2D eigenvalue weighted by atomic mass is 10.1. The number of ether oxygens (including phenoxy) is 1. The zero-order valence-corrected chi connectivity index (χ0v) is 24.4. The number of halogens is 2. The fourth-order valence-electron chi connectivity index (χ4n) is 4.53. The highest BCUT2D eigenvalue weighted by atomic mass is 127. The first-order chi connectivity index (χ1) is 18.6. The van der Waals surface area contributed by atoms with Crippen LogP contribution < -0.4 is 9.64 Å². The minimum atomic E-state index is -3.21. The molecular formula is C27H29FIN5O4S. The van der Waals surface area contributed by atoms with Crippen molar-refractivity contribution in [2.24, 2.45) is 0 Å². The highest BCUT2D eigenvalue weighted by Crippen LogP contribution is 2.29. The molecule has 0 bridgehead atoms. The molecule has 206 valence electrons. The van der Waals surface area contributed by atoms with Crippen molar-refractivity contribution in [1.82, 2.24) is 14.5 Å². The highest BCUT2D eigenvalue weighted by molar-refractivity contribution is 14.1. The second kappa shape index (κ2) is 12.9. The number of hydrogen-bond acceptors (Lipinski definition) is 7. The summed E-state index contributed by atoms with van der Waals surface area (Å²) < 4.78 is 45.0. The molecule has 1 aliphatic heterocycles. The van der Waals surface area contributed by atoms with Crippen molar-refractivity contribution >= 4 is 44.0 Å². The number of nitriles is 1. The fraction of sp³-hybridized carbons (Fsp3) is 0.370. The Morgan fingerprint density at radius 2 is 1.97 bits per heavy atom. The number of nitrogens with zero attached hydrogens (tertiary/aromatic N) is 5. The van der Waals surface area contributed by atoms with E-state index >= 15 is 0 Å². The van der Waals surface area contributed by atoms with Crippen molar-refractivity contribution in [3.8, 4) is 11.8 Å². The molecule has 1 amide bonds. The zero-order chi connectivity index (χ0) is 28.0. The number of carbonyl (C=O) groups excluding carboxylic acids is 1. The number of piperazine rings is 1. The van der Waals surface area contributed by atoms with Gasteiger partial charge in [0.1, 0.15) is 28.9 Å². The van der Waals surface area contributed by atoms with Gasteiger partial charge in [0.15, 0.2) is 0 Å². The number of aromatic nitrogens is 2. The molecule has 4 rings (SSSR count). The standard InChI is InChI=1S/C27H29FIN5O4S/c1-39(36,37)9-6-23-17-34(24-10-22(29)11-26(12-24)38-8-7-28)27(35)18-32(23)16-25-14-31-19-33(25)15-21-4-2-20(13-30)3-5-21/h2-5,10-12,14,19,23H,6-9,15-18H2,1H3/t23-/m0/s1/i1-1,29+0. The molecule has 3 aromatic rings. The number of sulfone groups is 1. The Hall–Kier alpha value is -3.02. The molecule has 0 unspecified atom stereocenters. The van der Waals surface area contributed by atoms with Gasteiger partial charge in [0, 0.05) is 53.5 Å². The summed E-state index contributed by atoms with van der Waals surface area (Å²) >= 11 is 2.13. The molecule has 12 heteroatoms. The molecule has 2 aromatic carbocycles. The van der Waals surface area contributed by atoms with E-state index in [0.29, 0.717) is 43.1 Å². The van der Waals surface area contributed by atoms with Crippen LogP contribution in [-0.4, -0.2) is 73.2 Å². The molecular weight excluding hydrogens is 635 g/mol. The summed E-state index contributed by atoms with van der Waals surface area (Å²) in [6.07, 6.45) is 5.05. The van der Waals surface area contributed by atoms with Gasteiger partial charge in [-0.1, -0.05) is 12.1 Å². The van der Waals surface area contributed by atoms with Gasteiger partial charge in [-0.2, -0.15) is 5.26 Å². The van der Waals surface area contributed by atoms with Crippen LogP contribution in [0.3, 0.4) is 0 Å². The molecule has 1 aromatic heterocycles. The molecule has 0 aliphatic carbocycles. The lowest BCUT2D eigenvalue weighted by molar-refractivity contribution is -0.122. The van der Waals surface area contributed by atoms with Crippen LogP contribution >= 0.6 is 22.6 Å². The molecule has 1 atom stereocenters. The number of rotatable bonds is 11. The number of amides is 1. The summed E-state index contributed by atoms with van der Waals surface area (Å²) in [5, 5.41) is 9.05. The quantitative estimate of drug-likeness (QED) is 0.289. The minimum absolute atomic E-state index is 0.00210. The molecule has 9 nitrogen and oxygen atoms in total. The van der Waals surface area contributed by atoms with Gasteiger partial charge in [-0.3, -0.25) is 9.69 Å². The van der Waals surface area contributed by atoms with Crippen molar-refractivity contribution in [2.75, 3.05) is 43.3 Å². The largest absolute Gasteiger partial charge is 0.491 e. The Morgan fingerprint density at radius 3 is 2.67 bits per heavy atom. The molecule has 1 saturated heterocycles. The number of hydrogen-bond donors (Lipinski definition) is 0. The topological polar surface area (TPSA) is 109 Å². The van der Waals surface area contributed by atoms with Gasteiger partial charge in [-0.15, -0.1) is 0 Å². The number of alkyl halides is 1. The van der Waals surface area contributed by atoms with Crippen LogP contribution in [0.4, 0.5) is 10.1 Å². The maximum absolute atomic E-state index is 13.4. The smallest absolute Gasteiger partial charge is 0.241 e. The van der Waals surface area contributed by atoms with Gasteiger partial charge in [-0.25, -0.2) is 17.8 Å². The molecule has 0 radical (unpaired) electrons. The Kier molecular flexibility index (Phi) is 9.58. The average Bonchev–Trinajstić information content (AvgIpc) is 3.32. The number of benzene rings is 2. The van der Waals surface area contributed by atoms with Crippen molar-refractivity contribution in [3.63, 3.8) is 0 Å². The van der Waals surface area contributed by atoms with Crippen LogP contribution in [0.2, 0.25) is 0 Å². The van der Waals surface area contributed by atoms with Crippen molar-refractivity contribution in [2.45, 2.75) is 25.6 Å². The molecule has 0 N–H and O–H groups in total. The summed E-state index contributed by atoms with van der Waals surface area (Å²) in [7, 11) is -3.21. The van der Waals surface area contributed by atoms with Gasteiger partial charge in [0.2, 0.25) is 5.91 Å². The number of imidazole rings is 1. The monoisotopic (exact) mass is 664 g/mol. The first-order valence-corrected chi connectivity index (χ1v) is 15.5. The third-order valence-electron chi connectivity index (χ3n) is 6.48. The van der Waals surface area contributed by atoms with Crippen molar-refractivity contribution in [3.05, 3.63) is 75.4 Å². The molecule has 1 aliphatic rings. The minimum Gasteiger partial charge on any atom is -0.491 e. The van der Waals surface area contributed by atoms with Crippen molar-refractivity contribution < 1.29 is 22.3 Å². The maximum atomic E-state index is 13.4. The van der Waals surface area contributed by atoms with E-state index in [1.54, 1.807) is 41.7 Å². The summed E-state index contributed by atoms with van der Waals surface area (Å²) in [5.41, 5.74) is 3.12. The molecule has 0 spiro atoms. The Balaban J connectivity index is 1.55. The summed E-state index contributed by atoms with van der Waals surface area (Å²) in [6.45, 7) is 0.681. The van der Waals surface area contributed by atoms with E-state index in [0.717, 1.165) is 14.8 Å². The summed E-state index contributed by atoms with van der Waals surface area (Å²) in [4.78, 5) is 21.3. The second-order valence-corrected chi connectivity index (χ2v) is 13.0. The lowest BCUT2D eigenvalue weighted by Gasteiger charge is -2.41. The highest BCUT2D eigenvalue weighted by Gasteiger charge is 2.34. The fourth-order valence-corrected chi connectivity index (χ4v) is 5.86. The van der Waals surface area contributed by atoms with Gasteiger partial charge in [0.25, 0.3) is 0 Å². The maximum Gasteiger partial charge on any atom is 0.241 e. The predicted octanol–water partition coefficient (Wildman–Crippen LogP) is 3.41. The van der Waals surface area contributed by atoms with Gasteiger partial charge < -0.3 is 14.2 Å². The number of carbonyl (C=O) groups is 1. The summed E-state index contributed by atoms with van der Waals surface area (Å²) in [5.74, 6) is 0.351. The normalized spacial score (nSPS) is 16.3. The Morgan fingerprint density at radius 1 is 1.21 bits per heavy atom. The van der Waals surface area contributed by atoms with E-state index in [9.17, 15) is 17.6 Å². The molecule has 2 heterocycles. The van der Waals surface area contributed by atoms with Crippen LogP contribution in [0, 0.1) is 14.9 Å². The number of anilines is 1.